The van der Waals surface area contributed by atoms with Crippen LogP contribution >= 0.6 is 11.6 Å². The summed E-state index contributed by atoms with van der Waals surface area (Å²) in [6, 6.07) is 22.7. The summed E-state index contributed by atoms with van der Waals surface area (Å²) in [5, 5.41) is 7.90. The van der Waals surface area contributed by atoms with Gasteiger partial charge in [-0.15, -0.1) is 0 Å². The van der Waals surface area contributed by atoms with Crippen LogP contribution in [0, 0.1) is 6.92 Å². The van der Waals surface area contributed by atoms with Crippen molar-refractivity contribution in [3.8, 4) is 5.75 Å². The van der Waals surface area contributed by atoms with Crippen molar-refractivity contribution in [2.75, 3.05) is 17.7 Å². The number of rotatable bonds is 6. The number of fused-ring (bicyclic) bond motifs is 1. The average molecular weight is 432 g/mol. The number of pyridine rings is 1. The van der Waals surface area contributed by atoms with Gasteiger partial charge >= 0.3 is 0 Å². The van der Waals surface area contributed by atoms with E-state index in [-0.39, 0.29) is 12.3 Å². The number of carbonyl (C=O) groups is 1. The summed E-state index contributed by atoms with van der Waals surface area (Å²) in [6.07, 6.45) is 0.273. The maximum absolute atomic E-state index is 12.5. The van der Waals surface area contributed by atoms with E-state index in [0.717, 1.165) is 45.0 Å². The number of benzene rings is 3. The molecule has 4 aromatic rings. The first-order valence-electron chi connectivity index (χ1n) is 9.87. The molecule has 2 N–H and O–H groups in total. The number of nitrogens with zero attached hydrogens (tertiary/aromatic N) is 1. The smallest absolute Gasteiger partial charge is 0.228 e. The minimum Gasteiger partial charge on any atom is -0.497 e. The van der Waals surface area contributed by atoms with Crippen LogP contribution in [0.15, 0.2) is 72.8 Å². The summed E-state index contributed by atoms with van der Waals surface area (Å²) in [5.41, 5.74) is 4.40. The van der Waals surface area contributed by atoms with Gasteiger partial charge in [0.1, 0.15) is 11.6 Å². The number of carbonyl (C=O) groups excluding carboxylic acids is 1. The fourth-order valence-electron chi connectivity index (χ4n) is 3.42. The fraction of sp³-hybridized carbons (Fsp3) is 0.120. The van der Waals surface area contributed by atoms with Gasteiger partial charge in [-0.1, -0.05) is 29.8 Å². The van der Waals surface area contributed by atoms with Gasteiger partial charge < -0.3 is 15.4 Å². The van der Waals surface area contributed by atoms with E-state index in [9.17, 15) is 4.79 Å². The highest BCUT2D eigenvalue weighted by atomic mass is 35.5. The van der Waals surface area contributed by atoms with Crippen molar-refractivity contribution >= 4 is 45.6 Å². The van der Waals surface area contributed by atoms with Crippen molar-refractivity contribution in [2.24, 2.45) is 0 Å². The molecule has 0 unspecified atom stereocenters. The topological polar surface area (TPSA) is 63.2 Å². The van der Waals surface area contributed by atoms with E-state index in [2.05, 4.69) is 15.6 Å². The van der Waals surface area contributed by atoms with E-state index >= 15 is 0 Å². The monoisotopic (exact) mass is 431 g/mol. The third kappa shape index (κ3) is 5.13. The normalized spacial score (nSPS) is 10.7. The molecule has 5 nitrogen and oxygen atoms in total. The molecule has 1 heterocycles. The van der Waals surface area contributed by atoms with E-state index in [4.69, 9.17) is 16.3 Å². The van der Waals surface area contributed by atoms with Gasteiger partial charge in [0.05, 0.1) is 19.0 Å². The molecule has 3 aromatic carbocycles. The first-order valence-corrected chi connectivity index (χ1v) is 10.2. The maximum atomic E-state index is 12.5. The molecule has 0 saturated heterocycles. The number of ether oxygens (including phenoxy) is 1. The second kappa shape index (κ2) is 9.06. The summed E-state index contributed by atoms with van der Waals surface area (Å²) < 4.78 is 5.22. The quantitative estimate of drug-likeness (QED) is 0.385. The van der Waals surface area contributed by atoms with Crippen LogP contribution in [0.5, 0.6) is 5.75 Å². The Balaban J connectivity index is 1.51. The Hall–Kier alpha value is -3.57. The first-order chi connectivity index (χ1) is 15.0. The van der Waals surface area contributed by atoms with Gasteiger partial charge in [0, 0.05) is 21.8 Å². The zero-order valence-corrected chi connectivity index (χ0v) is 18.0. The molecule has 6 heteroatoms. The molecule has 0 saturated carbocycles. The SMILES string of the molecule is COc1cccc(CC(=O)Nc2ccc3nc(Nc4cccc(Cl)c4)cc(C)c3c2)c1. The van der Waals surface area contributed by atoms with E-state index in [1.165, 1.54) is 0 Å². The number of aryl methyl sites for hydroxylation is 1. The van der Waals surface area contributed by atoms with Crippen molar-refractivity contribution in [1.29, 1.82) is 0 Å². The number of halogens is 1. The Morgan fingerprint density at radius 3 is 2.65 bits per heavy atom. The average Bonchev–Trinajstić information content (AvgIpc) is 2.74. The Bertz CT molecular complexity index is 1260. The molecule has 0 radical (unpaired) electrons. The molecule has 0 aliphatic heterocycles. The third-order valence-electron chi connectivity index (χ3n) is 4.90. The number of nitrogens with one attached hydrogen (secondary N) is 2. The number of hydrogen-bond acceptors (Lipinski definition) is 4. The number of aromatic nitrogens is 1. The van der Waals surface area contributed by atoms with Crippen LogP contribution in [0.4, 0.5) is 17.2 Å². The van der Waals surface area contributed by atoms with Crippen molar-refractivity contribution in [2.45, 2.75) is 13.3 Å². The van der Waals surface area contributed by atoms with Gasteiger partial charge in [0.2, 0.25) is 5.91 Å². The lowest BCUT2D eigenvalue weighted by atomic mass is 10.1. The van der Waals surface area contributed by atoms with Crippen molar-refractivity contribution in [1.82, 2.24) is 4.98 Å². The van der Waals surface area contributed by atoms with Gasteiger partial charge in [0.15, 0.2) is 0 Å². The van der Waals surface area contributed by atoms with Crippen LogP contribution in [0.25, 0.3) is 10.9 Å². The molecular weight excluding hydrogens is 410 g/mol. The maximum Gasteiger partial charge on any atom is 0.228 e. The van der Waals surface area contributed by atoms with E-state index in [1.54, 1.807) is 7.11 Å². The molecule has 4 rings (SSSR count). The number of anilines is 3. The standard InChI is InChI=1S/C25H22ClN3O2/c1-16-11-24(27-19-7-4-6-18(26)14-19)29-23-10-9-20(15-22(16)23)28-25(30)13-17-5-3-8-21(12-17)31-2/h3-12,14-15H,13H2,1-2H3,(H,27,29)(H,28,30). The predicted molar refractivity (Wildman–Crippen MR) is 127 cm³/mol. The minimum atomic E-state index is -0.0857. The fourth-order valence-corrected chi connectivity index (χ4v) is 3.61. The van der Waals surface area contributed by atoms with Crippen LogP contribution in [-0.4, -0.2) is 18.0 Å². The lowest BCUT2D eigenvalue weighted by Gasteiger charge is -2.11. The highest BCUT2D eigenvalue weighted by Crippen LogP contribution is 2.26. The molecule has 0 atom stereocenters. The van der Waals surface area contributed by atoms with Crippen LogP contribution in [0.3, 0.4) is 0 Å². The van der Waals surface area contributed by atoms with Crippen LogP contribution in [-0.2, 0) is 11.2 Å². The molecule has 0 spiro atoms. The molecule has 1 aromatic heterocycles. The summed E-state index contributed by atoms with van der Waals surface area (Å²) in [5.74, 6) is 1.39. The molecule has 1 amide bonds. The third-order valence-corrected chi connectivity index (χ3v) is 5.13. The zero-order valence-electron chi connectivity index (χ0n) is 17.3. The Morgan fingerprint density at radius 1 is 1.00 bits per heavy atom. The number of methoxy groups -OCH3 is 1. The van der Waals surface area contributed by atoms with Gasteiger partial charge in [-0.05, 0) is 72.6 Å². The van der Waals surface area contributed by atoms with Crippen molar-refractivity contribution in [3.05, 3.63) is 88.9 Å². The molecule has 31 heavy (non-hydrogen) atoms. The van der Waals surface area contributed by atoms with Crippen molar-refractivity contribution in [3.63, 3.8) is 0 Å². The van der Waals surface area contributed by atoms with E-state index in [1.807, 2.05) is 79.7 Å². The minimum absolute atomic E-state index is 0.0857. The Labute approximate surface area is 186 Å². The summed E-state index contributed by atoms with van der Waals surface area (Å²) in [6.45, 7) is 2.02. The number of amides is 1. The highest BCUT2D eigenvalue weighted by Gasteiger charge is 2.09. The van der Waals surface area contributed by atoms with E-state index in [0.29, 0.717) is 5.02 Å². The molecule has 0 aliphatic rings. The van der Waals surface area contributed by atoms with Crippen LogP contribution in [0.1, 0.15) is 11.1 Å². The van der Waals surface area contributed by atoms with Crippen LogP contribution in [0.2, 0.25) is 5.02 Å². The number of hydrogen-bond donors (Lipinski definition) is 2. The summed E-state index contributed by atoms with van der Waals surface area (Å²) in [4.78, 5) is 17.2. The van der Waals surface area contributed by atoms with Crippen LogP contribution < -0.4 is 15.4 Å². The summed E-state index contributed by atoms with van der Waals surface area (Å²) in [7, 11) is 1.61. The lowest BCUT2D eigenvalue weighted by Crippen LogP contribution is -2.14. The highest BCUT2D eigenvalue weighted by molar-refractivity contribution is 6.30. The molecule has 0 bridgehead atoms. The van der Waals surface area contributed by atoms with E-state index < -0.39 is 0 Å². The van der Waals surface area contributed by atoms with Gasteiger partial charge in [-0.3, -0.25) is 4.79 Å². The van der Waals surface area contributed by atoms with Gasteiger partial charge in [0.25, 0.3) is 0 Å². The molecule has 0 aliphatic carbocycles. The zero-order chi connectivity index (χ0) is 21.8. The summed E-state index contributed by atoms with van der Waals surface area (Å²) >= 11 is 6.06. The first kappa shape index (κ1) is 20.7. The second-order valence-corrected chi connectivity index (χ2v) is 7.70. The largest absolute Gasteiger partial charge is 0.497 e. The Kier molecular flexibility index (Phi) is 6.05. The van der Waals surface area contributed by atoms with Crippen molar-refractivity contribution < 1.29 is 9.53 Å². The molecular formula is C25H22ClN3O2. The van der Waals surface area contributed by atoms with Gasteiger partial charge in [-0.2, -0.15) is 0 Å². The molecule has 0 fully saturated rings. The molecule has 156 valence electrons. The second-order valence-electron chi connectivity index (χ2n) is 7.27. The Morgan fingerprint density at radius 2 is 1.84 bits per heavy atom. The predicted octanol–water partition coefficient (Wildman–Crippen LogP) is 6.13. The van der Waals surface area contributed by atoms with Gasteiger partial charge in [-0.25, -0.2) is 4.98 Å². The lowest BCUT2D eigenvalue weighted by molar-refractivity contribution is -0.115.